The van der Waals surface area contributed by atoms with Crippen LogP contribution in [-0.2, 0) is 13.1 Å². The minimum atomic E-state index is -0.0486. The van der Waals surface area contributed by atoms with E-state index in [0.29, 0.717) is 47.9 Å². The van der Waals surface area contributed by atoms with Crippen LogP contribution in [-0.4, -0.2) is 42.6 Å². The Bertz CT molecular complexity index is 1020. The lowest BCUT2D eigenvalue weighted by molar-refractivity contribution is 0.0706. The first-order valence-corrected chi connectivity index (χ1v) is 8.86. The molecule has 1 aliphatic carbocycles. The van der Waals surface area contributed by atoms with Crippen LogP contribution in [0.25, 0.3) is 11.1 Å². The molecule has 3 aromatic heterocycles. The molecule has 0 atom stereocenters. The number of anilines is 1. The van der Waals surface area contributed by atoms with Crippen molar-refractivity contribution in [3.05, 3.63) is 35.6 Å². The summed E-state index contributed by atoms with van der Waals surface area (Å²) in [6.45, 7) is 5.82. The summed E-state index contributed by atoms with van der Waals surface area (Å²) >= 11 is 0. The molecule has 1 N–H and O–H groups in total. The molecule has 0 bridgehead atoms. The lowest BCUT2D eigenvalue weighted by atomic mass is 10.1. The normalized spacial score (nSPS) is 18.0. The van der Waals surface area contributed by atoms with Crippen molar-refractivity contribution >= 4 is 22.8 Å². The van der Waals surface area contributed by atoms with Gasteiger partial charge >= 0.3 is 0 Å². The molecule has 1 fully saturated rings. The average Bonchev–Trinajstić information content (AvgIpc) is 3.05. The Kier molecular flexibility index (Phi) is 3.13. The molecule has 0 aromatic carbocycles. The minimum Gasteiger partial charge on any atom is -0.442 e. The van der Waals surface area contributed by atoms with Crippen molar-refractivity contribution in [3.63, 3.8) is 0 Å². The molecule has 134 valence electrons. The fraction of sp³-hybridized carbons (Fsp3) is 0.444. The highest BCUT2D eigenvalue weighted by molar-refractivity contribution is 6.10. The van der Waals surface area contributed by atoms with Crippen molar-refractivity contribution in [2.24, 2.45) is 0 Å². The summed E-state index contributed by atoms with van der Waals surface area (Å²) in [6, 6.07) is 1.95. The first kappa shape index (κ1) is 15.4. The van der Waals surface area contributed by atoms with Gasteiger partial charge in [-0.25, -0.2) is 9.97 Å². The molecule has 0 unspecified atom stereocenters. The quantitative estimate of drug-likeness (QED) is 0.778. The van der Waals surface area contributed by atoms with E-state index in [4.69, 9.17) is 4.42 Å². The second kappa shape index (κ2) is 5.30. The highest BCUT2D eigenvalue weighted by Gasteiger charge is 2.39. The Morgan fingerprint density at radius 3 is 2.96 bits per heavy atom. The zero-order chi connectivity index (χ0) is 17.9. The first-order valence-electron chi connectivity index (χ1n) is 8.86. The van der Waals surface area contributed by atoms with Gasteiger partial charge in [-0.05, 0) is 32.8 Å². The van der Waals surface area contributed by atoms with Crippen molar-refractivity contribution in [3.8, 4) is 0 Å². The van der Waals surface area contributed by atoms with Gasteiger partial charge in [-0.3, -0.25) is 9.48 Å². The van der Waals surface area contributed by atoms with Crippen LogP contribution in [0.2, 0.25) is 0 Å². The third-order valence-corrected chi connectivity index (χ3v) is 5.32. The molecule has 26 heavy (non-hydrogen) atoms. The first-order chi connectivity index (χ1) is 12.5. The molecular formula is C18H20N6O2. The van der Waals surface area contributed by atoms with Gasteiger partial charge in [0.2, 0.25) is 5.71 Å². The predicted octanol–water partition coefficient (Wildman–Crippen LogP) is 2.35. The number of carbonyl (C=O) groups is 1. The van der Waals surface area contributed by atoms with Crippen LogP contribution in [0.4, 0.5) is 5.82 Å². The van der Waals surface area contributed by atoms with Gasteiger partial charge in [0.05, 0.1) is 29.7 Å². The molecular weight excluding hydrogens is 332 g/mol. The number of aryl methyl sites for hydroxylation is 1. The standard InChI is InChI=1S/C18H20N6O2/c1-11-13(17(25)23-7-8-24-12(9-23)3-6-21-24)14-15(22-18(2)4-5-18)19-10-20-16(14)26-11/h3,6,10H,4-5,7-9H2,1-2H3,(H,19,20,22). The number of nitrogens with one attached hydrogen (secondary N) is 1. The second-order valence-electron chi connectivity index (χ2n) is 7.39. The average molecular weight is 352 g/mol. The maximum atomic E-state index is 13.3. The van der Waals surface area contributed by atoms with E-state index < -0.39 is 0 Å². The second-order valence-corrected chi connectivity index (χ2v) is 7.39. The summed E-state index contributed by atoms with van der Waals surface area (Å²) < 4.78 is 7.72. The number of nitrogens with zero attached hydrogens (tertiary/aromatic N) is 5. The predicted molar refractivity (Wildman–Crippen MR) is 94.8 cm³/mol. The van der Waals surface area contributed by atoms with Crippen molar-refractivity contribution in [1.29, 1.82) is 0 Å². The molecule has 4 heterocycles. The lowest BCUT2D eigenvalue weighted by Crippen LogP contribution is -2.38. The van der Waals surface area contributed by atoms with E-state index in [1.54, 1.807) is 6.20 Å². The van der Waals surface area contributed by atoms with Crippen LogP contribution < -0.4 is 5.32 Å². The summed E-state index contributed by atoms with van der Waals surface area (Å²) in [7, 11) is 0. The zero-order valence-corrected chi connectivity index (χ0v) is 14.8. The topological polar surface area (TPSA) is 89.1 Å². The van der Waals surface area contributed by atoms with E-state index in [1.165, 1.54) is 6.33 Å². The van der Waals surface area contributed by atoms with E-state index in [9.17, 15) is 4.79 Å². The largest absolute Gasteiger partial charge is 0.442 e. The van der Waals surface area contributed by atoms with Gasteiger partial charge in [0.15, 0.2) is 0 Å². The van der Waals surface area contributed by atoms with Crippen LogP contribution in [0.15, 0.2) is 23.0 Å². The summed E-state index contributed by atoms with van der Waals surface area (Å²) in [4.78, 5) is 23.8. The van der Waals surface area contributed by atoms with E-state index in [1.807, 2.05) is 22.6 Å². The number of rotatable bonds is 3. The van der Waals surface area contributed by atoms with Crippen LogP contribution in [0.5, 0.6) is 0 Å². The molecule has 8 heteroatoms. The third kappa shape index (κ3) is 2.36. The van der Waals surface area contributed by atoms with Crippen molar-refractivity contribution in [1.82, 2.24) is 24.6 Å². The molecule has 1 saturated carbocycles. The minimum absolute atomic E-state index is 0.0460. The number of fused-ring (bicyclic) bond motifs is 2. The highest BCUT2D eigenvalue weighted by Crippen LogP contribution is 2.40. The molecule has 1 amide bonds. The lowest BCUT2D eigenvalue weighted by Gasteiger charge is -2.27. The van der Waals surface area contributed by atoms with Crippen LogP contribution in [0.1, 0.15) is 41.6 Å². The number of hydrogen-bond donors (Lipinski definition) is 1. The Labute approximate surface area is 150 Å². The van der Waals surface area contributed by atoms with Crippen molar-refractivity contribution in [2.75, 3.05) is 11.9 Å². The molecule has 3 aromatic rings. The monoisotopic (exact) mass is 352 g/mol. The van der Waals surface area contributed by atoms with Gasteiger partial charge in [-0.1, -0.05) is 0 Å². The van der Waals surface area contributed by atoms with Crippen LogP contribution in [0.3, 0.4) is 0 Å². The van der Waals surface area contributed by atoms with Crippen molar-refractivity contribution in [2.45, 2.75) is 45.3 Å². The van der Waals surface area contributed by atoms with Gasteiger partial charge < -0.3 is 14.6 Å². The smallest absolute Gasteiger partial charge is 0.258 e. The molecule has 1 aliphatic heterocycles. The van der Waals surface area contributed by atoms with E-state index in [-0.39, 0.29) is 11.4 Å². The fourth-order valence-electron chi connectivity index (χ4n) is 3.51. The number of carbonyl (C=O) groups excluding carboxylic acids is 1. The fourth-order valence-corrected chi connectivity index (χ4v) is 3.51. The molecule has 0 spiro atoms. The Hall–Kier alpha value is -2.90. The molecule has 0 radical (unpaired) electrons. The van der Waals surface area contributed by atoms with Gasteiger partial charge in [0.1, 0.15) is 17.9 Å². The number of aromatic nitrogens is 4. The van der Waals surface area contributed by atoms with E-state index in [2.05, 4.69) is 27.3 Å². The number of amides is 1. The van der Waals surface area contributed by atoms with Gasteiger partial charge in [-0.2, -0.15) is 5.10 Å². The Morgan fingerprint density at radius 1 is 1.31 bits per heavy atom. The van der Waals surface area contributed by atoms with E-state index in [0.717, 1.165) is 18.5 Å². The van der Waals surface area contributed by atoms with Crippen LogP contribution in [0, 0.1) is 6.92 Å². The number of furan rings is 1. The van der Waals surface area contributed by atoms with Gasteiger partial charge in [-0.15, -0.1) is 0 Å². The van der Waals surface area contributed by atoms with Gasteiger partial charge in [0.25, 0.3) is 5.91 Å². The SMILES string of the molecule is Cc1oc2ncnc(NC3(C)CC3)c2c1C(=O)N1CCn2nccc2C1. The summed E-state index contributed by atoms with van der Waals surface area (Å²) in [6.07, 6.45) is 5.44. The number of hydrogen-bond acceptors (Lipinski definition) is 6. The molecule has 5 rings (SSSR count). The third-order valence-electron chi connectivity index (χ3n) is 5.32. The maximum Gasteiger partial charge on any atom is 0.258 e. The molecule has 2 aliphatic rings. The summed E-state index contributed by atoms with van der Waals surface area (Å²) in [5.74, 6) is 1.21. The zero-order valence-electron chi connectivity index (χ0n) is 14.8. The van der Waals surface area contributed by atoms with Gasteiger partial charge in [0, 0.05) is 18.3 Å². The van der Waals surface area contributed by atoms with Crippen LogP contribution >= 0.6 is 0 Å². The van der Waals surface area contributed by atoms with Crippen molar-refractivity contribution < 1.29 is 9.21 Å². The molecule has 8 nitrogen and oxygen atoms in total. The van der Waals surface area contributed by atoms with E-state index >= 15 is 0 Å². The molecule has 0 saturated heterocycles. The Balaban J connectivity index is 1.56. The maximum absolute atomic E-state index is 13.3. The summed E-state index contributed by atoms with van der Waals surface area (Å²) in [5, 5.41) is 8.42. The highest BCUT2D eigenvalue weighted by atomic mass is 16.3. The summed E-state index contributed by atoms with van der Waals surface area (Å²) in [5.41, 5.74) is 2.09. The Morgan fingerprint density at radius 2 is 2.15 bits per heavy atom.